The number of hydrogen-bond donors (Lipinski definition) is 2. The summed E-state index contributed by atoms with van der Waals surface area (Å²) >= 11 is 17.4. The van der Waals surface area contributed by atoms with Crippen molar-refractivity contribution in [2.75, 3.05) is 20.2 Å². The van der Waals surface area contributed by atoms with Crippen molar-refractivity contribution in [1.82, 2.24) is 9.80 Å². The van der Waals surface area contributed by atoms with Gasteiger partial charge >= 0.3 is 6.09 Å². The van der Waals surface area contributed by atoms with Crippen LogP contribution in [0.25, 0.3) is 6.08 Å². The van der Waals surface area contributed by atoms with Crippen LogP contribution in [0.15, 0.2) is 41.2 Å². The first kappa shape index (κ1) is 26.6. The standard InChI is InChI=1S/C27H27Cl3N2O7/c1-31(20(34)5-2-15-7-11-37-13-15)17-6-8-26(36)19-12-16-3-4-18(33)22-21(16)25(26,23(17)39-22)9-10-32(19)24(35)38-14-27(28,29)30/h2-5,7,11,13,17,19,23,33,36H,6,8-10,12,14H2,1H3/b5-2+/t17?,19-,23?,25+,26?/m1/s1. The van der Waals surface area contributed by atoms with Crippen LogP contribution in [0.4, 0.5) is 4.79 Å². The molecule has 2 fully saturated rings. The smallest absolute Gasteiger partial charge is 0.410 e. The van der Waals surface area contributed by atoms with Crippen molar-refractivity contribution < 1.29 is 33.7 Å². The molecule has 2 aliphatic heterocycles. The molecule has 1 spiro atoms. The highest BCUT2D eigenvalue weighted by atomic mass is 35.6. The molecule has 2 N–H and O–H groups in total. The Morgan fingerprint density at radius 3 is 2.79 bits per heavy atom. The fourth-order valence-electron chi connectivity index (χ4n) is 7.18. The number of carbonyl (C=O) groups is 2. The molecule has 208 valence electrons. The number of piperidine rings is 1. The minimum Gasteiger partial charge on any atom is -0.504 e. The van der Waals surface area contributed by atoms with E-state index in [2.05, 4.69) is 0 Å². The Kier molecular flexibility index (Phi) is 6.30. The Morgan fingerprint density at radius 2 is 2.08 bits per heavy atom. The summed E-state index contributed by atoms with van der Waals surface area (Å²) in [6.07, 6.45) is 6.29. The van der Waals surface area contributed by atoms with E-state index in [0.29, 0.717) is 31.4 Å². The molecule has 4 aliphatic rings. The normalized spacial score (nSPS) is 30.6. The molecule has 2 bridgehead atoms. The van der Waals surface area contributed by atoms with E-state index in [9.17, 15) is 19.8 Å². The number of likely N-dealkylation sites (N-methyl/N-ethyl adjacent to an activating group) is 1. The number of phenols is 1. The van der Waals surface area contributed by atoms with Crippen molar-refractivity contribution in [2.45, 2.75) is 58.7 Å². The third-order valence-corrected chi connectivity index (χ3v) is 9.16. The second-order valence-electron chi connectivity index (χ2n) is 10.7. The maximum atomic E-state index is 13.2. The number of aliphatic hydroxyl groups is 1. The molecule has 39 heavy (non-hydrogen) atoms. The number of benzene rings is 1. The van der Waals surface area contributed by atoms with Gasteiger partial charge in [-0.1, -0.05) is 40.9 Å². The summed E-state index contributed by atoms with van der Waals surface area (Å²) in [4.78, 5) is 29.5. The predicted molar refractivity (Wildman–Crippen MR) is 143 cm³/mol. The molecule has 0 radical (unpaired) electrons. The van der Waals surface area contributed by atoms with Crippen LogP contribution < -0.4 is 4.74 Å². The number of likely N-dealkylation sites (tertiary alicyclic amines) is 1. The molecule has 9 nitrogen and oxygen atoms in total. The maximum Gasteiger partial charge on any atom is 0.410 e. The van der Waals surface area contributed by atoms with E-state index >= 15 is 0 Å². The summed E-state index contributed by atoms with van der Waals surface area (Å²) in [7, 11) is 1.71. The van der Waals surface area contributed by atoms with Crippen LogP contribution >= 0.6 is 34.8 Å². The topological polar surface area (TPSA) is 113 Å². The Balaban J connectivity index is 1.36. The van der Waals surface area contributed by atoms with Gasteiger partial charge in [-0.05, 0) is 49.5 Å². The monoisotopic (exact) mass is 596 g/mol. The number of amides is 2. The highest BCUT2D eigenvalue weighted by molar-refractivity contribution is 6.67. The van der Waals surface area contributed by atoms with Crippen LogP contribution in [0.3, 0.4) is 0 Å². The Morgan fingerprint density at radius 1 is 1.28 bits per heavy atom. The van der Waals surface area contributed by atoms with E-state index in [-0.39, 0.29) is 18.2 Å². The SMILES string of the molecule is CN(C(=O)/C=C/c1ccoc1)C1CCC2(O)[C@H]3Cc4ccc(O)c5c4[C@@]2(CCN3C(=O)OCC(Cl)(Cl)Cl)C1O5. The zero-order valence-corrected chi connectivity index (χ0v) is 23.2. The quantitative estimate of drug-likeness (QED) is 0.402. The van der Waals surface area contributed by atoms with Gasteiger partial charge < -0.3 is 33.9 Å². The maximum absolute atomic E-state index is 13.2. The second kappa shape index (κ2) is 9.23. The molecule has 1 aromatic carbocycles. The molecule has 6 rings (SSSR count). The summed E-state index contributed by atoms with van der Waals surface area (Å²) in [6.45, 7) is -0.171. The summed E-state index contributed by atoms with van der Waals surface area (Å²) in [5, 5.41) is 23.3. The van der Waals surface area contributed by atoms with Crippen molar-refractivity contribution >= 4 is 52.9 Å². The summed E-state index contributed by atoms with van der Waals surface area (Å²) in [5.41, 5.74) is 0.0512. The van der Waals surface area contributed by atoms with Gasteiger partial charge in [0.25, 0.3) is 0 Å². The number of furan rings is 1. The number of carbonyl (C=O) groups excluding carboxylic acids is 2. The van der Waals surface area contributed by atoms with Crippen LogP contribution in [0, 0.1) is 0 Å². The Bertz CT molecular complexity index is 1340. The lowest BCUT2D eigenvalue weighted by atomic mass is 9.48. The van der Waals surface area contributed by atoms with Gasteiger partial charge in [-0.25, -0.2) is 4.79 Å². The van der Waals surface area contributed by atoms with Crippen LogP contribution in [0.1, 0.15) is 36.0 Å². The van der Waals surface area contributed by atoms with Crippen LogP contribution in [-0.4, -0.2) is 79.8 Å². The largest absolute Gasteiger partial charge is 0.504 e. The molecule has 5 atom stereocenters. The molecule has 12 heteroatoms. The lowest BCUT2D eigenvalue weighted by Gasteiger charge is -2.64. The molecule has 1 aromatic heterocycles. The molecule has 3 heterocycles. The van der Waals surface area contributed by atoms with E-state index in [0.717, 1.165) is 16.7 Å². The lowest BCUT2D eigenvalue weighted by Crippen LogP contribution is -2.78. The second-order valence-corrected chi connectivity index (χ2v) is 13.2. The molecule has 1 saturated heterocycles. The van der Waals surface area contributed by atoms with Gasteiger partial charge in [0.1, 0.15) is 12.7 Å². The Hall–Kier alpha value is -2.59. The third kappa shape index (κ3) is 4.00. The first-order chi connectivity index (χ1) is 18.5. The number of halogens is 3. The summed E-state index contributed by atoms with van der Waals surface area (Å²) < 4.78 is 15.1. The number of aromatic hydroxyl groups is 1. The van der Waals surface area contributed by atoms with Crippen LogP contribution in [0.5, 0.6) is 11.5 Å². The third-order valence-electron chi connectivity index (χ3n) is 8.83. The first-order valence-corrected chi connectivity index (χ1v) is 13.8. The Labute approximate surface area is 239 Å². The zero-order chi connectivity index (χ0) is 27.7. The molecule has 2 amide bonds. The van der Waals surface area contributed by atoms with Crippen molar-refractivity contribution in [3.63, 3.8) is 0 Å². The number of alkyl halides is 3. The van der Waals surface area contributed by atoms with Crippen molar-refractivity contribution in [1.29, 1.82) is 0 Å². The highest BCUT2D eigenvalue weighted by Gasteiger charge is 2.74. The van der Waals surface area contributed by atoms with Crippen molar-refractivity contribution in [3.05, 3.63) is 53.5 Å². The number of nitrogens with zero attached hydrogens (tertiary/aromatic N) is 2. The average Bonchev–Trinajstić information content (AvgIpc) is 3.52. The predicted octanol–water partition coefficient (Wildman–Crippen LogP) is 4.19. The summed E-state index contributed by atoms with van der Waals surface area (Å²) in [6, 6.07) is 4.08. The average molecular weight is 598 g/mol. The van der Waals surface area contributed by atoms with Gasteiger partial charge in [-0.3, -0.25) is 4.79 Å². The molecule has 2 aliphatic carbocycles. The van der Waals surface area contributed by atoms with E-state index in [1.807, 2.05) is 0 Å². The van der Waals surface area contributed by atoms with E-state index in [4.69, 9.17) is 48.7 Å². The van der Waals surface area contributed by atoms with Gasteiger partial charge in [0.2, 0.25) is 9.70 Å². The molecular weight excluding hydrogens is 571 g/mol. The van der Waals surface area contributed by atoms with Crippen LogP contribution in [-0.2, 0) is 21.4 Å². The fraction of sp³-hybridized carbons (Fsp3) is 0.481. The van der Waals surface area contributed by atoms with Crippen molar-refractivity contribution in [3.8, 4) is 11.5 Å². The molecular formula is C27H27Cl3N2O7. The van der Waals surface area contributed by atoms with Gasteiger partial charge in [0, 0.05) is 30.8 Å². The molecule has 3 unspecified atom stereocenters. The van der Waals surface area contributed by atoms with Crippen molar-refractivity contribution in [2.24, 2.45) is 0 Å². The van der Waals surface area contributed by atoms with Gasteiger partial charge in [0.05, 0.1) is 35.6 Å². The minimum atomic E-state index is -1.76. The zero-order valence-electron chi connectivity index (χ0n) is 21.0. The first-order valence-electron chi connectivity index (χ1n) is 12.7. The van der Waals surface area contributed by atoms with Gasteiger partial charge in [-0.2, -0.15) is 0 Å². The van der Waals surface area contributed by atoms with E-state index in [1.165, 1.54) is 17.2 Å². The van der Waals surface area contributed by atoms with E-state index in [1.54, 1.807) is 42.5 Å². The highest BCUT2D eigenvalue weighted by Crippen LogP contribution is 2.65. The van der Waals surface area contributed by atoms with E-state index < -0.39 is 45.7 Å². The molecule has 1 saturated carbocycles. The number of ether oxygens (including phenoxy) is 2. The van der Waals surface area contributed by atoms with Gasteiger partial charge in [-0.15, -0.1) is 0 Å². The fourth-order valence-corrected chi connectivity index (χ4v) is 7.34. The minimum absolute atomic E-state index is 0.0181. The lowest BCUT2D eigenvalue weighted by molar-refractivity contribution is -0.194. The number of rotatable bonds is 4. The molecule has 2 aromatic rings. The summed E-state index contributed by atoms with van der Waals surface area (Å²) in [5.74, 6) is 0.0887. The van der Waals surface area contributed by atoms with Gasteiger partial charge in [0.15, 0.2) is 11.5 Å². The van der Waals surface area contributed by atoms with Crippen LogP contribution in [0.2, 0.25) is 0 Å². The number of phenolic OH excluding ortho intramolecular Hbond substituents is 1. The number of hydrogen-bond acceptors (Lipinski definition) is 7.